The van der Waals surface area contributed by atoms with Crippen molar-refractivity contribution in [3.05, 3.63) is 41.0 Å². The van der Waals surface area contributed by atoms with Gasteiger partial charge in [-0.05, 0) is 29.8 Å². The minimum Gasteiger partial charge on any atom is -0.245 e. The highest BCUT2D eigenvalue weighted by Gasteiger charge is 2.01. The van der Waals surface area contributed by atoms with E-state index in [0.29, 0.717) is 5.15 Å². The molecule has 0 saturated carbocycles. The number of hydrogen-bond donors (Lipinski definition) is 0. The Morgan fingerprint density at radius 3 is 2.50 bits per heavy atom. The lowest BCUT2D eigenvalue weighted by atomic mass is 10.2. The molecule has 0 spiro atoms. The van der Waals surface area contributed by atoms with Crippen LogP contribution in [-0.2, 0) is 0 Å². The maximum absolute atomic E-state index is 5.75. The third kappa shape index (κ3) is 2.00. The highest BCUT2D eigenvalue weighted by atomic mass is 35.5. The Kier molecular flexibility index (Phi) is 2.61. The summed E-state index contributed by atoms with van der Waals surface area (Å²) in [7, 11) is 0. The Bertz CT molecular complexity index is 416. The average Bonchev–Trinajstić information content (AvgIpc) is 2.18. The molecule has 2 aromatic rings. The lowest BCUT2D eigenvalue weighted by Gasteiger charge is -1.99. The molecule has 0 bridgehead atoms. The van der Waals surface area contributed by atoms with Crippen LogP contribution >= 0.6 is 23.2 Å². The molecule has 14 heavy (non-hydrogen) atoms. The summed E-state index contributed by atoms with van der Waals surface area (Å²) < 4.78 is 0. The minimum atomic E-state index is 0.218. The Morgan fingerprint density at radius 1 is 1.00 bits per heavy atom. The second-order valence-corrected chi connectivity index (χ2v) is 3.30. The van der Waals surface area contributed by atoms with Crippen LogP contribution in [0.15, 0.2) is 30.6 Å². The fourth-order valence-electron chi connectivity index (χ4n) is 1.06. The van der Waals surface area contributed by atoms with E-state index in [1.165, 1.54) is 0 Å². The number of pyridine rings is 1. The van der Waals surface area contributed by atoms with Crippen LogP contribution in [0.25, 0.3) is 11.3 Å². The molecule has 2 heterocycles. The largest absolute Gasteiger partial charge is 0.245 e. The second kappa shape index (κ2) is 3.90. The van der Waals surface area contributed by atoms with Gasteiger partial charge in [0.1, 0.15) is 5.15 Å². The van der Waals surface area contributed by atoms with Crippen molar-refractivity contribution >= 4 is 23.2 Å². The molecule has 0 aliphatic carbocycles. The molecule has 5 heteroatoms. The van der Waals surface area contributed by atoms with Crippen LogP contribution in [0.1, 0.15) is 0 Å². The molecule has 0 amide bonds. The summed E-state index contributed by atoms with van der Waals surface area (Å²) in [5.74, 6) is 0. The number of halogens is 2. The van der Waals surface area contributed by atoms with Crippen molar-refractivity contribution in [2.24, 2.45) is 0 Å². The minimum absolute atomic E-state index is 0.218. The lowest BCUT2D eigenvalue weighted by molar-refractivity contribution is 1.17. The fourth-order valence-corrected chi connectivity index (χ4v) is 1.38. The Hall–Kier alpha value is -1.19. The molecule has 0 N–H and O–H groups in total. The molecule has 0 atom stereocenters. The summed E-state index contributed by atoms with van der Waals surface area (Å²) in [4.78, 5) is 11.7. The average molecular weight is 226 g/mol. The quantitative estimate of drug-likeness (QED) is 0.554. The molecule has 2 aromatic heterocycles. The fraction of sp³-hybridized carbons (Fsp3) is 0. The van der Waals surface area contributed by atoms with Gasteiger partial charge in [0, 0.05) is 18.0 Å². The Labute approximate surface area is 90.8 Å². The van der Waals surface area contributed by atoms with Crippen LogP contribution in [-0.4, -0.2) is 15.0 Å². The van der Waals surface area contributed by atoms with Gasteiger partial charge in [-0.3, -0.25) is 0 Å². The molecule has 3 nitrogen and oxygen atoms in total. The van der Waals surface area contributed by atoms with Gasteiger partial charge >= 0.3 is 0 Å². The van der Waals surface area contributed by atoms with E-state index in [0.717, 1.165) is 11.3 Å². The van der Waals surface area contributed by atoms with Gasteiger partial charge < -0.3 is 0 Å². The maximum Gasteiger partial charge on any atom is 0.222 e. The summed E-state index contributed by atoms with van der Waals surface area (Å²) in [6.45, 7) is 0. The first kappa shape index (κ1) is 9.37. The van der Waals surface area contributed by atoms with Gasteiger partial charge in [0.05, 0.1) is 5.69 Å². The number of aromatic nitrogens is 3. The Morgan fingerprint density at radius 2 is 1.79 bits per heavy atom. The van der Waals surface area contributed by atoms with Crippen LogP contribution in [0, 0.1) is 0 Å². The van der Waals surface area contributed by atoms with Crippen molar-refractivity contribution in [3.63, 3.8) is 0 Å². The summed E-state index contributed by atoms with van der Waals surface area (Å²) in [6, 6.07) is 5.29. The summed E-state index contributed by atoms with van der Waals surface area (Å²) in [5.41, 5.74) is 1.60. The predicted octanol–water partition coefficient (Wildman–Crippen LogP) is 2.85. The van der Waals surface area contributed by atoms with Crippen LogP contribution in [0.4, 0.5) is 0 Å². The Balaban J connectivity index is 2.49. The van der Waals surface area contributed by atoms with Crippen molar-refractivity contribution in [3.8, 4) is 11.3 Å². The molecular weight excluding hydrogens is 221 g/mol. The van der Waals surface area contributed by atoms with E-state index < -0.39 is 0 Å². The highest BCUT2D eigenvalue weighted by Crippen LogP contribution is 2.19. The molecule has 0 aromatic carbocycles. The first-order valence-electron chi connectivity index (χ1n) is 3.86. The first-order chi connectivity index (χ1) is 6.75. The van der Waals surface area contributed by atoms with E-state index in [1.54, 1.807) is 24.5 Å². The van der Waals surface area contributed by atoms with Gasteiger partial charge in [-0.1, -0.05) is 11.6 Å². The van der Waals surface area contributed by atoms with Crippen LogP contribution in [0.3, 0.4) is 0 Å². The predicted molar refractivity (Wildman–Crippen MR) is 55.3 cm³/mol. The molecular formula is C9H5Cl2N3. The molecule has 2 rings (SSSR count). The van der Waals surface area contributed by atoms with Gasteiger partial charge in [0.15, 0.2) is 0 Å². The molecule has 0 unspecified atom stereocenters. The third-order valence-corrected chi connectivity index (χ3v) is 2.04. The van der Waals surface area contributed by atoms with Gasteiger partial charge in [0.2, 0.25) is 5.28 Å². The normalized spacial score (nSPS) is 10.1. The summed E-state index contributed by atoms with van der Waals surface area (Å²) in [6.07, 6.45) is 3.21. The SMILES string of the molecule is Clc1cc(-c2ccnc(Cl)n2)ccn1. The van der Waals surface area contributed by atoms with Gasteiger partial charge in [0.25, 0.3) is 0 Å². The summed E-state index contributed by atoms with van der Waals surface area (Å²) in [5, 5.41) is 0.646. The van der Waals surface area contributed by atoms with Crippen LogP contribution < -0.4 is 0 Å². The van der Waals surface area contributed by atoms with E-state index in [9.17, 15) is 0 Å². The first-order valence-corrected chi connectivity index (χ1v) is 4.62. The van der Waals surface area contributed by atoms with Crippen molar-refractivity contribution < 1.29 is 0 Å². The van der Waals surface area contributed by atoms with E-state index in [2.05, 4.69) is 15.0 Å². The van der Waals surface area contributed by atoms with Gasteiger partial charge in [-0.15, -0.1) is 0 Å². The zero-order chi connectivity index (χ0) is 9.97. The molecule has 0 saturated heterocycles. The van der Waals surface area contributed by atoms with Crippen molar-refractivity contribution in [1.29, 1.82) is 0 Å². The highest BCUT2D eigenvalue weighted by molar-refractivity contribution is 6.29. The summed E-state index contributed by atoms with van der Waals surface area (Å²) >= 11 is 11.4. The van der Waals surface area contributed by atoms with E-state index >= 15 is 0 Å². The van der Waals surface area contributed by atoms with Crippen molar-refractivity contribution in [2.75, 3.05) is 0 Å². The van der Waals surface area contributed by atoms with Gasteiger partial charge in [-0.25, -0.2) is 15.0 Å². The number of nitrogens with zero attached hydrogens (tertiary/aromatic N) is 3. The lowest BCUT2D eigenvalue weighted by Crippen LogP contribution is -1.86. The molecule has 0 aliphatic heterocycles. The number of rotatable bonds is 1. The molecule has 0 radical (unpaired) electrons. The third-order valence-electron chi connectivity index (χ3n) is 1.65. The second-order valence-electron chi connectivity index (χ2n) is 2.58. The van der Waals surface area contributed by atoms with Crippen molar-refractivity contribution in [1.82, 2.24) is 15.0 Å². The van der Waals surface area contributed by atoms with E-state index in [4.69, 9.17) is 23.2 Å². The topological polar surface area (TPSA) is 38.7 Å². The number of hydrogen-bond acceptors (Lipinski definition) is 3. The smallest absolute Gasteiger partial charge is 0.222 e. The van der Waals surface area contributed by atoms with Crippen LogP contribution in [0.2, 0.25) is 10.4 Å². The molecule has 70 valence electrons. The van der Waals surface area contributed by atoms with E-state index in [-0.39, 0.29) is 5.28 Å². The zero-order valence-corrected chi connectivity index (χ0v) is 8.50. The van der Waals surface area contributed by atoms with Crippen molar-refractivity contribution in [2.45, 2.75) is 0 Å². The van der Waals surface area contributed by atoms with Crippen LogP contribution in [0.5, 0.6) is 0 Å². The molecule has 0 aliphatic rings. The zero-order valence-electron chi connectivity index (χ0n) is 6.98. The molecule has 0 fully saturated rings. The monoisotopic (exact) mass is 225 g/mol. The maximum atomic E-state index is 5.75. The van der Waals surface area contributed by atoms with Gasteiger partial charge in [-0.2, -0.15) is 0 Å². The standard InChI is InChI=1S/C9H5Cl2N3/c10-8-5-6(1-3-12-8)7-2-4-13-9(11)14-7/h1-5H. The van der Waals surface area contributed by atoms with E-state index in [1.807, 2.05) is 6.07 Å².